The van der Waals surface area contributed by atoms with Gasteiger partial charge >= 0.3 is 0 Å². The Kier molecular flexibility index (Phi) is 7.31. The number of ether oxygens (including phenoxy) is 2. The van der Waals surface area contributed by atoms with Crippen molar-refractivity contribution >= 4 is 28.9 Å². The molecule has 0 unspecified atom stereocenters. The van der Waals surface area contributed by atoms with Crippen LogP contribution in [0.5, 0.6) is 5.75 Å². The van der Waals surface area contributed by atoms with E-state index in [1.54, 1.807) is 24.3 Å². The molecule has 0 heterocycles. The molecule has 7 heteroatoms. The first-order valence-electron chi connectivity index (χ1n) is 7.77. The molecule has 2 aromatic rings. The molecule has 2 N–H and O–H groups in total. The van der Waals surface area contributed by atoms with E-state index in [0.717, 1.165) is 0 Å². The van der Waals surface area contributed by atoms with E-state index in [4.69, 9.17) is 21.7 Å². The molecule has 2 aromatic carbocycles. The molecule has 0 radical (unpaired) electrons. The maximum atomic E-state index is 12.9. The van der Waals surface area contributed by atoms with Crippen LogP contribution >= 0.6 is 12.2 Å². The van der Waals surface area contributed by atoms with Gasteiger partial charge in [-0.3, -0.25) is 10.1 Å². The van der Waals surface area contributed by atoms with Gasteiger partial charge < -0.3 is 14.8 Å². The van der Waals surface area contributed by atoms with Crippen LogP contribution in [0.15, 0.2) is 48.5 Å². The molecule has 0 aliphatic carbocycles. The number of thiocarbonyl (C=S) groups is 1. The number of benzene rings is 2. The van der Waals surface area contributed by atoms with Crippen LogP contribution in [0.1, 0.15) is 17.3 Å². The standard InChI is InChI=1S/C18H19FN2O3S/c1-2-23-11-12-24-16-9-7-15(8-10-16)20-18(25)21-17(22)13-3-5-14(19)6-4-13/h3-10H,2,11-12H2,1H3,(H2,20,21,22,25). The van der Waals surface area contributed by atoms with E-state index in [0.29, 0.717) is 36.8 Å². The highest BCUT2D eigenvalue weighted by molar-refractivity contribution is 7.80. The Morgan fingerprint density at radius 3 is 2.40 bits per heavy atom. The van der Waals surface area contributed by atoms with Gasteiger partial charge in [-0.2, -0.15) is 0 Å². The Hall–Kier alpha value is -2.51. The Morgan fingerprint density at radius 2 is 1.76 bits per heavy atom. The van der Waals surface area contributed by atoms with Gasteiger partial charge in [0.2, 0.25) is 0 Å². The number of carbonyl (C=O) groups excluding carboxylic acids is 1. The lowest BCUT2D eigenvalue weighted by molar-refractivity contribution is 0.0977. The number of carbonyl (C=O) groups is 1. The van der Waals surface area contributed by atoms with E-state index in [1.807, 2.05) is 6.92 Å². The Balaban J connectivity index is 1.81. The monoisotopic (exact) mass is 362 g/mol. The number of rotatable bonds is 7. The van der Waals surface area contributed by atoms with Crippen LogP contribution in [0.2, 0.25) is 0 Å². The number of hydrogen-bond acceptors (Lipinski definition) is 4. The van der Waals surface area contributed by atoms with E-state index in [1.165, 1.54) is 24.3 Å². The zero-order chi connectivity index (χ0) is 18.1. The van der Waals surface area contributed by atoms with Gasteiger partial charge in [0.15, 0.2) is 5.11 Å². The Morgan fingerprint density at radius 1 is 1.08 bits per heavy atom. The molecule has 0 saturated heterocycles. The minimum atomic E-state index is -0.409. The van der Waals surface area contributed by atoms with Crippen LogP contribution in [0.25, 0.3) is 0 Å². The van der Waals surface area contributed by atoms with E-state index < -0.39 is 11.7 Å². The molecule has 5 nitrogen and oxygen atoms in total. The average molecular weight is 362 g/mol. The summed E-state index contributed by atoms with van der Waals surface area (Å²) in [6, 6.07) is 12.4. The second-order valence-electron chi connectivity index (χ2n) is 4.98. The zero-order valence-corrected chi connectivity index (χ0v) is 14.6. The van der Waals surface area contributed by atoms with E-state index >= 15 is 0 Å². The molecule has 0 aliphatic heterocycles. The predicted octanol–water partition coefficient (Wildman–Crippen LogP) is 3.37. The first-order valence-corrected chi connectivity index (χ1v) is 8.18. The van der Waals surface area contributed by atoms with Crippen molar-refractivity contribution in [2.75, 3.05) is 25.1 Å². The Bertz CT molecular complexity index is 705. The summed E-state index contributed by atoms with van der Waals surface area (Å²) in [5.41, 5.74) is 1.03. The maximum absolute atomic E-state index is 12.9. The SMILES string of the molecule is CCOCCOc1ccc(NC(=S)NC(=O)c2ccc(F)cc2)cc1. The van der Waals surface area contributed by atoms with Gasteiger partial charge in [-0.05, 0) is 67.7 Å². The molecule has 1 amide bonds. The van der Waals surface area contributed by atoms with Crippen molar-refractivity contribution in [3.8, 4) is 5.75 Å². The molecular formula is C18H19FN2O3S. The summed E-state index contributed by atoms with van der Waals surface area (Å²) in [6.45, 7) is 3.61. The molecule has 0 spiro atoms. The summed E-state index contributed by atoms with van der Waals surface area (Å²) in [7, 11) is 0. The average Bonchev–Trinajstić information content (AvgIpc) is 2.60. The highest BCUT2D eigenvalue weighted by Crippen LogP contribution is 2.15. The minimum Gasteiger partial charge on any atom is -0.491 e. The van der Waals surface area contributed by atoms with Crippen molar-refractivity contribution in [1.82, 2.24) is 5.32 Å². The number of hydrogen-bond donors (Lipinski definition) is 2. The van der Waals surface area contributed by atoms with Crippen molar-refractivity contribution < 1.29 is 18.7 Å². The summed E-state index contributed by atoms with van der Waals surface area (Å²) in [5, 5.41) is 5.59. The lowest BCUT2D eigenvalue weighted by Crippen LogP contribution is -2.34. The Labute approximate surface area is 151 Å². The van der Waals surface area contributed by atoms with Gasteiger partial charge in [0.1, 0.15) is 18.2 Å². The normalized spacial score (nSPS) is 10.2. The summed E-state index contributed by atoms with van der Waals surface area (Å²) >= 11 is 5.11. The topological polar surface area (TPSA) is 59.6 Å². The molecule has 0 bridgehead atoms. The smallest absolute Gasteiger partial charge is 0.257 e. The van der Waals surface area contributed by atoms with E-state index in [-0.39, 0.29) is 5.11 Å². The van der Waals surface area contributed by atoms with Crippen molar-refractivity contribution in [2.24, 2.45) is 0 Å². The fraction of sp³-hybridized carbons (Fsp3) is 0.222. The minimum absolute atomic E-state index is 0.152. The van der Waals surface area contributed by atoms with Gasteiger partial charge in [-0.1, -0.05) is 0 Å². The lowest BCUT2D eigenvalue weighted by Gasteiger charge is -2.11. The van der Waals surface area contributed by atoms with Crippen LogP contribution in [-0.2, 0) is 4.74 Å². The summed E-state index contributed by atoms with van der Waals surface area (Å²) < 4.78 is 23.6. The summed E-state index contributed by atoms with van der Waals surface area (Å²) in [5.74, 6) is -0.0966. The van der Waals surface area contributed by atoms with Crippen molar-refractivity contribution in [3.05, 3.63) is 59.9 Å². The predicted molar refractivity (Wildman–Crippen MR) is 98.5 cm³/mol. The zero-order valence-electron chi connectivity index (χ0n) is 13.8. The van der Waals surface area contributed by atoms with Crippen LogP contribution < -0.4 is 15.4 Å². The quantitative estimate of drug-likeness (QED) is 0.584. The first-order chi connectivity index (χ1) is 12.1. The molecule has 25 heavy (non-hydrogen) atoms. The van der Waals surface area contributed by atoms with Gasteiger partial charge in [0.05, 0.1) is 6.61 Å². The first kappa shape index (κ1) is 18.8. The fourth-order valence-electron chi connectivity index (χ4n) is 1.94. The third kappa shape index (κ3) is 6.48. The maximum Gasteiger partial charge on any atom is 0.257 e. The highest BCUT2D eigenvalue weighted by Gasteiger charge is 2.08. The summed E-state index contributed by atoms with van der Waals surface area (Å²) in [4.78, 5) is 12.0. The van der Waals surface area contributed by atoms with Crippen LogP contribution in [-0.4, -0.2) is 30.8 Å². The number of anilines is 1. The molecule has 0 saturated carbocycles. The van der Waals surface area contributed by atoms with Crippen LogP contribution in [0.4, 0.5) is 10.1 Å². The molecule has 0 fully saturated rings. The molecule has 0 aromatic heterocycles. The number of halogens is 1. The van der Waals surface area contributed by atoms with Crippen molar-refractivity contribution in [3.63, 3.8) is 0 Å². The van der Waals surface area contributed by atoms with Crippen molar-refractivity contribution in [1.29, 1.82) is 0 Å². The van der Waals surface area contributed by atoms with Crippen LogP contribution in [0, 0.1) is 5.82 Å². The van der Waals surface area contributed by atoms with Crippen molar-refractivity contribution in [2.45, 2.75) is 6.92 Å². The second-order valence-corrected chi connectivity index (χ2v) is 5.39. The molecule has 0 atom stereocenters. The van der Waals surface area contributed by atoms with Gasteiger partial charge in [0, 0.05) is 17.9 Å². The number of nitrogens with one attached hydrogen (secondary N) is 2. The summed E-state index contributed by atoms with van der Waals surface area (Å²) in [6.07, 6.45) is 0. The van der Waals surface area contributed by atoms with Crippen LogP contribution in [0.3, 0.4) is 0 Å². The van der Waals surface area contributed by atoms with E-state index in [2.05, 4.69) is 10.6 Å². The van der Waals surface area contributed by atoms with Gasteiger partial charge in [-0.15, -0.1) is 0 Å². The molecule has 132 valence electrons. The lowest BCUT2D eigenvalue weighted by atomic mass is 10.2. The third-order valence-corrected chi connectivity index (χ3v) is 3.35. The third-order valence-electron chi connectivity index (χ3n) is 3.15. The number of amides is 1. The van der Waals surface area contributed by atoms with Gasteiger partial charge in [-0.25, -0.2) is 4.39 Å². The largest absolute Gasteiger partial charge is 0.491 e. The molecule has 2 rings (SSSR count). The fourth-order valence-corrected chi connectivity index (χ4v) is 2.15. The van der Waals surface area contributed by atoms with E-state index in [9.17, 15) is 9.18 Å². The molecular weight excluding hydrogens is 343 g/mol. The highest BCUT2D eigenvalue weighted by atomic mass is 32.1. The molecule has 0 aliphatic rings. The second kappa shape index (κ2) is 9.71. The van der Waals surface area contributed by atoms with Gasteiger partial charge in [0.25, 0.3) is 5.91 Å².